The van der Waals surface area contributed by atoms with E-state index in [2.05, 4.69) is 17.7 Å². The van der Waals surface area contributed by atoms with E-state index in [1.165, 1.54) is 29.1 Å². The monoisotopic (exact) mass is 389 g/mol. The first-order valence-electron chi connectivity index (χ1n) is 8.87. The number of hydrogen-bond acceptors (Lipinski definition) is 5. The highest BCUT2D eigenvalue weighted by Gasteiger charge is 2.34. The molecule has 0 aliphatic carbocycles. The molecule has 0 radical (unpaired) electrons. The molecular weight excluding hydrogens is 366 g/mol. The predicted molar refractivity (Wildman–Crippen MR) is 103 cm³/mol. The predicted octanol–water partition coefficient (Wildman–Crippen LogP) is 3.27. The van der Waals surface area contributed by atoms with Gasteiger partial charge in [-0.05, 0) is 61.6 Å². The van der Waals surface area contributed by atoms with Crippen LogP contribution in [0.15, 0.2) is 41.3 Å². The molecule has 2 aromatic carbocycles. The summed E-state index contributed by atoms with van der Waals surface area (Å²) in [6.07, 6.45) is 2.41. The first-order chi connectivity index (χ1) is 12.8. The summed E-state index contributed by atoms with van der Waals surface area (Å²) < 4.78 is 32.8. The van der Waals surface area contributed by atoms with Gasteiger partial charge >= 0.3 is 5.97 Å². The van der Waals surface area contributed by atoms with Crippen LogP contribution in [0.3, 0.4) is 0 Å². The van der Waals surface area contributed by atoms with Crippen molar-refractivity contribution in [2.24, 2.45) is 0 Å². The van der Waals surface area contributed by atoms with E-state index in [1.54, 1.807) is 0 Å². The van der Waals surface area contributed by atoms with Crippen molar-refractivity contribution in [3.8, 4) is 5.75 Å². The number of aryl methyl sites for hydroxylation is 2. The van der Waals surface area contributed by atoms with Gasteiger partial charge in [-0.25, -0.2) is 13.2 Å². The Hall–Kier alpha value is -2.54. The van der Waals surface area contributed by atoms with Crippen LogP contribution in [0.2, 0.25) is 0 Å². The number of benzene rings is 2. The third kappa shape index (κ3) is 3.39. The standard InChI is InChI=1S/C20H23NO5S/c1-4-14-6-9-18-15(11-14)7-5-13(2)21(18)27(24,25)16-8-10-19(22)17(12-16)20(23)26-3/h6,8-13,22H,4-5,7H2,1-3H3/t13-/m1/s1. The topological polar surface area (TPSA) is 83.9 Å². The lowest BCUT2D eigenvalue weighted by molar-refractivity contribution is 0.0597. The number of phenols is 1. The second-order valence-electron chi connectivity index (χ2n) is 6.68. The van der Waals surface area contributed by atoms with Crippen molar-refractivity contribution in [2.45, 2.75) is 44.0 Å². The summed E-state index contributed by atoms with van der Waals surface area (Å²) in [6, 6.07) is 9.30. The normalized spacial score (nSPS) is 16.7. The minimum absolute atomic E-state index is 0.0556. The summed E-state index contributed by atoms with van der Waals surface area (Å²) in [6.45, 7) is 3.93. The molecular formula is C20H23NO5S. The summed E-state index contributed by atoms with van der Waals surface area (Å²) in [4.78, 5) is 11.8. The van der Waals surface area contributed by atoms with Gasteiger partial charge in [0.25, 0.3) is 10.0 Å². The van der Waals surface area contributed by atoms with Gasteiger partial charge in [-0.3, -0.25) is 4.31 Å². The second-order valence-corrected chi connectivity index (χ2v) is 8.49. The van der Waals surface area contributed by atoms with E-state index in [0.717, 1.165) is 24.5 Å². The van der Waals surface area contributed by atoms with E-state index in [0.29, 0.717) is 12.1 Å². The zero-order chi connectivity index (χ0) is 19.8. The summed E-state index contributed by atoms with van der Waals surface area (Å²) >= 11 is 0. The Kier molecular flexibility index (Phi) is 5.15. The van der Waals surface area contributed by atoms with Crippen LogP contribution < -0.4 is 4.31 Å². The number of methoxy groups -OCH3 is 1. The Morgan fingerprint density at radius 3 is 2.67 bits per heavy atom. The maximum absolute atomic E-state index is 13.4. The fourth-order valence-electron chi connectivity index (χ4n) is 3.42. The Bertz CT molecular complexity index is 984. The minimum Gasteiger partial charge on any atom is -0.507 e. The lowest BCUT2D eigenvalue weighted by Gasteiger charge is -2.36. The average Bonchev–Trinajstić information content (AvgIpc) is 2.66. The number of phenolic OH excluding ortho intramolecular Hbond substituents is 1. The molecule has 1 aliphatic rings. The number of nitrogens with zero attached hydrogens (tertiary/aromatic N) is 1. The van der Waals surface area contributed by atoms with Gasteiger partial charge < -0.3 is 9.84 Å². The highest BCUT2D eigenvalue weighted by molar-refractivity contribution is 7.92. The number of ether oxygens (including phenoxy) is 1. The van der Waals surface area contributed by atoms with Crippen molar-refractivity contribution < 1.29 is 23.1 Å². The van der Waals surface area contributed by atoms with Gasteiger partial charge in [0.1, 0.15) is 11.3 Å². The van der Waals surface area contributed by atoms with Crippen molar-refractivity contribution in [2.75, 3.05) is 11.4 Å². The molecule has 1 N–H and O–H groups in total. The van der Waals surface area contributed by atoms with Gasteiger partial charge in [0, 0.05) is 6.04 Å². The molecule has 1 atom stereocenters. The van der Waals surface area contributed by atoms with Crippen LogP contribution in [0.4, 0.5) is 5.69 Å². The van der Waals surface area contributed by atoms with Gasteiger partial charge in [-0.1, -0.05) is 19.1 Å². The third-order valence-electron chi connectivity index (χ3n) is 4.95. The first-order valence-corrected chi connectivity index (χ1v) is 10.3. The average molecular weight is 389 g/mol. The molecule has 0 unspecified atom stereocenters. The van der Waals surface area contributed by atoms with Crippen LogP contribution in [-0.4, -0.2) is 32.6 Å². The number of sulfonamides is 1. The summed E-state index contributed by atoms with van der Waals surface area (Å²) in [5, 5.41) is 9.87. The Labute approximate surface area is 159 Å². The van der Waals surface area contributed by atoms with Gasteiger partial charge in [-0.15, -0.1) is 0 Å². The molecule has 0 spiro atoms. The highest BCUT2D eigenvalue weighted by atomic mass is 32.2. The van der Waals surface area contributed by atoms with Crippen LogP contribution in [-0.2, 0) is 27.6 Å². The minimum atomic E-state index is -3.91. The van der Waals surface area contributed by atoms with E-state index >= 15 is 0 Å². The number of carbonyl (C=O) groups excluding carboxylic acids is 1. The number of aromatic hydroxyl groups is 1. The van der Waals surface area contributed by atoms with E-state index in [9.17, 15) is 18.3 Å². The van der Waals surface area contributed by atoms with Gasteiger partial charge in [-0.2, -0.15) is 0 Å². The third-order valence-corrected chi connectivity index (χ3v) is 6.88. The highest BCUT2D eigenvalue weighted by Crippen LogP contribution is 2.36. The summed E-state index contributed by atoms with van der Waals surface area (Å²) in [7, 11) is -2.73. The molecule has 0 amide bonds. The zero-order valence-electron chi connectivity index (χ0n) is 15.6. The summed E-state index contributed by atoms with van der Waals surface area (Å²) in [5.74, 6) is -1.11. The molecule has 0 aromatic heterocycles. The van der Waals surface area contributed by atoms with E-state index < -0.39 is 16.0 Å². The van der Waals surface area contributed by atoms with Gasteiger partial charge in [0.05, 0.1) is 17.7 Å². The Morgan fingerprint density at radius 2 is 2.00 bits per heavy atom. The summed E-state index contributed by atoms with van der Waals surface area (Å²) in [5.41, 5.74) is 2.66. The number of fused-ring (bicyclic) bond motifs is 1. The van der Waals surface area contributed by atoms with Crippen molar-refractivity contribution in [1.82, 2.24) is 0 Å². The largest absolute Gasteiger partial charge is 0.507 e. The number of carbonyl (C=O) groups is 1. The maximum atomic E-state index is 13.4. The smallest absolute Gasteiger partial charge is 0.341 e. The number of rotatable bonds is 4. The van der Waals surface area contributed by atoms with E-state index in [1.807, 2.05) is 19.1 Å². The van der Waals surface area contributed by atoms with Gasteiger partial charge in [0.15, 0.2) is 0 Å². The molecule has 7 heteroatoms. The van der Waals surface area contributed by atoms with E-state index in [-0.39, 0.29) is 22.3 Å². The molecule has 1 aliphatic heterocycles. The number of hydrogen-bond donors (Lipinski definition) is 1. The fraction of sp³-hybridized carbons (Fsp3) is 0.350. The van der Waals surface area contributed by atoms with Crippen LogP contribution in [0.5, 0.6) is 5.75 Å². The molecule has 0 fully saturated rings. The van der Waals surface area contributed by atoms with Crippen LogP contribution in [0.25, 0.3) is 0 Å². The number of anilines is 1. The van der Waals surface area contributed by atoms with Crippen LogP contribution in [0, 0.1) is 0 Å². The van der Waals surface area contributed by atoms with E-state index in [4.69, 9.17) is 0 Å². The van der Waals surface area contributed by atoms with Crippen molar-refractivity contribution >= 4 is 21.7 Å². The quantitative estimate of drug-likeness (QED) is 0.812. The molecule has 0 saturated carbocycles. The molecule has 2 aromatic rings. The lowest BCUT2D eigenvalue weighted by Crippen LogP contribution is -2.42. The maximum Gasteiger partial charge on any atom is 0.341 e. The first kappa shape index (κ1) is 19.2. The number of esters is 1. The van der Waals surface area contributed by atoms with Gasteiger partial charge in [0.2, 0.25) is 0 Å². The lowest BCUT2D eigenvalue weighted by atomic mass is 9.96. The fourth-order valence-corrected chi connectivity index (χ4v) is 5.17. The second kappa shape index (κ2) is 7.23. The Morgan fingerprint density at radius 1 is 1.26 bits per heavy atom. The van der Waals surface area contributed by atoms with Crippen molar-refractivity contribution in [3.63, 3.8) is 0 Å². The molecule has 1 heterocycles. The molecule has 0 saturated heterocycles. The van der Waals surface area contributed by atoms with Crippen molar-refractivity contribution in [3.05, 3.63) is 53.1 Å². The zero-order valence-corrected chi connectivity index (χ0v) is 16.4. The molecule has 27 heavy (non-hydrogen) atoms. The molecule has 144 valence electrons. The SMILES string of the molecule is CCc1ccc2c(c1)CC[C@@H](C)N2S(=O)(=O)c1ccc(O)c(C(=O)OC)c1. The molecule has 3 rings (SSSR count). The Balaban J connectivity index is 2.12. The van der Waals surface area contributed by atoms with Crippen LogP contribution >= 0.6 is 0 Å². The van der Waals surface area contributed by atoms with Crippen LogP contribution in [0.1, 0.15) is 41.8 Å². The van der Waals surface area contributed by atoms with Crippen molar-refractivity contribution in [1.29, 1.82) is 0 Å². The molecule has 0 bridgehead atoms. The molecule has 6 nitrogen and oxygen atoms in total.